The monoisotopic (exact) mass is 508 g/mol. The second-order valence-electron chi connectivity index (χ2n) is 7.12. The van der Waals surface area contributed by atoms with Crippen LogP contribution in [0.2, 0.25) is 0 Å². The number of ether oxygens (including phenoxy) is 1. The highest BCUT2D eigenvalue weighted by molar-refractivity contribution is 9.10. The van der Waals surface area contributed by atoms with Crippen molar-refractivity contribution >= 4 is 39.1 Å². The fourth-order valence-corrected chi connectivity index (χ4v) is 3.21. The van der Waals surface area contributed by atoms with Gasteiger partial charge in [0.15, 0.2) is 0 Å². The number of hydrogen-bond donors (Lipinski definition) is 2. The average Bonchev–Trinajstić information content (AvgIpc) is 2.76. The Labute approximate surface area is 193 Å². The predicted molar refractivity (Wildman–Crippen MR) is 124 cm³/mol. The topological polar surface area (TPSA) is 59.1 Å². The number of benzene rings is 2. The molecule has 0 spiro atoms. The fourth-order valence-electron chi connectivity index (χ4n) is 2.94. The molecule has 0 aliphatic carbocycles. The van der Waals surface area contributed by atoms with Gasteiger partial charge in [-0.05, 0) is 42.8 Å². The van der Waals surface area contributed by atoms with Crippen LogP contribution in [0, 0.1) is 0 Å². The summed E-state index contributed by atoms with van der Waals surface area (Å²) in [7, 11) is 0. The summed E-state index contributed by atoms with van der Waals surface area (Å²) in [6, 6.07) is 14.0. The Hall–Kier alpha value is -2.81. The van der Waals surface area contributed by atoms with Crippen molar-refractivity contribution in [2.45, 2.75) is 38.8 Å². The third-order valence-corrected chi connectivity index (χ3v) is 5.12. The zero-order chi connectivity index (χ0) is 23.0. The normalized spacial score (nSPS) is 11.3. The molecule has 1 heterocycles. The number of nitrogens with one attached hydrogen (secondary N) is 2. The third-order valence-electron chi connectivity index (χ3n) is 4.59. The van der Waals surface area contributed by atoms with Crippen LogP contribution >= 0.6 is 15.9 Å². The van der Waals surface area contributed by atoms with Crippen molar-refractivity contribution in [3.8, 4) is 5.75 Å². The molecule has 3 rings (SSSR count). The summed E-state index contributed by atoms with van der Waals surface area (Å²) in [4.78, 5) is 7.93. The maximum atomic E-state index is 13.6. The Morgan fingerprint density at radius 1 is 0.969 bits per heavy atom. The van der Waals surface area contributed by atoms with Crippen molar-refractivity contribution in [3.05, 3.63) is 64.8 Å². The van der Waals surface area contributed by atoms with E-state index in [1.165, 1.54) is 0 Å². The first-order valence-corrected chi connectivity index (χ1v) is 11.1. The molecule has 0 aliphatic rings. The van der Waals surface area contributed by atoms with Crippen LogP contribution in [0.15, 0.2) is 59.2 Å². The van der Waals surface area contributed by atoms with Gasteiger partial charge in [-0.25, -0.2) is 4.98 Å². The third kappa shape index (κ3) is 6.85. The summed E-state index contributed by atoms with van der Waals surface area (Å²) in [5.74, 6) is 0.160. The first-order valence-electron chi connectivity index (χ1n) is 10.3. The minimum Gasteiger partial charge on any atom is -0.491 e. The summed E-state index contributed by atoms with van der Waals surface area (Å²) in [5, 5.41) is 5.71. The molecule has 2 N–H and O–H groups in total. The first-order chi connectivity index (χ1) is 15.4. The minimum atomic E-state index is -4.62. The zero-order valence-corrected chi connectivity index (χ0v) is 19.1. The van der Waals surface area contributed by atoms with Gasteiger partial charge >= 0.3 is 6.18 Å². The van der Waals surface area contributed by atoms with Crippen molar-refractivity contribution in [1.29, 1.82) is 0 Å². The van der Waals surface area contributed by atoms with Crippen LogP contribution in [-0.4, -0.2) is 16.6 Å². The van der Waals surface area contributed by atoms with Gasteiger partial charge in [-0.2, -0.15) is 18.2 Å². The van der Waals surface area contributed by atoms with Crippen molar-refractivity contribution in [2.24, 2.45) is 0 Å². The van der Waals surface area contributed by atoms with E-state index in [-0.39, 0.29) is 11.8 Å². The molecule has 0 bridgehead atoms. The molecule has 0 aliphatic heterocycles. The lowest BCUT2D eigenvalue weighted by Crippen LogP contribution is -2.13. The molecule has 0 radical (unpaired) electrons. The molecule has 170 valence electrons. The van der Waals surface area contributed by atoms with Crippen LogP contribution in [-0.2, 0) is 6.18 Å². The van der Waals surface area contributed by atoms with E-state index in [4.69, 9.17) is 4.74 Å². The number of rotatable bonds is 10. The number of hydrogen-bond acceptors (Lipinski definition) is 5. The fraction of sp³-hybridized carbons (Fsp3) is 0.304. The molecular formula is C23H24BrF3N4O. The second kappa shape index (κ2) is 11.2. The first kappa shape index (κ1) is 23.8. The largest absolute Gasteiger partial charge is 0.491 e. The molecule has 9 heteroatoms. The molecule has 0 saturated carbocycles. The molecule has 0 unspecified atom stereocenters. The zero-order valence-electron chi connectivity index (χ0n) is 17.5. The number of aromatic nitrogens is 2. The number of anilines is 4. The maximum absolute atomic E-state index is 13.6. The van der Waals surface area contributed by atoms with E-state index in [1.54, 1.807) is 48.5 Å². The van der Waals surface area contributed by atoms with Crippen LogP contribution in [0.5, 0.6) is 5.75 Å². The van der Waals surface area contributed by atoms with Crippen LogP contribution < -0.4 is 15.4 Å². The molecule has 5 nitrogen and oxygen atoms in total. The maximum Gasteiger partial charge on any atom is 0.421 e. The van der Waals surface area contributed by atoms with Crippen LogP contribution in [0.25, 0.3) is 0 Å². The highest BCUT2D eigenvalue weighted by atomic mass is 79.9. The highest BCUT2D eigenvalue weighted by Gasteiger charge is 2.35. The molecule has 3 aromatic rings. The van der Waals surface area contributed by atoms with Gasteiger partial charge in [0.1, 0.15) is 17.1 Å². The Morgan fingerprint density at radius 2 is 1.72 bits per heavy atom. The average molecular weight is 509 g/mol. The predicted octanol–water partition coefficient (Wildman–Crippen LogP) is 7.70. The molecular weight excluding hydrogens is 485 g/mol. The van der Waals surface area contributed by atoms with Crippen LogP contribution in [0.1, 0.15) is 38.2 Å². The quantitative estimate of drug-likeness (QED) is 0.274. The summed E-state index contributed by atoms with van der Waals surface area (Å²) in [6.07, 6.45) is 0.307. The lowest BCUT2D eigenvalue weighted by Gasteiger charge is -2.17. The molecule has 0 amide bonds. The van der Waals surface area contributed by atoms with Crippen molar-refractivity contribution in [1.82, 2.24) is 9.97 Å². The molecule has 0 saturated heterocycles. The van der Waals surface area contributed by atoms with Crippen LogP contribution in [0.4, 0.5) is 36.3 Å². The van der Waals surface area contributed by atoms with E-state index in [1.807, 2.05) is 0 Å². The Kier molecular flexibility index (Phi) is 8.33. The number of unbranched alkanes of at least 4 members (excludes halogenated alkanes) is 3. The van der Waals surface area contributed by atoms with Crippen molar-refractivity contribution < 1.29 is 17.9 Å². The van der Waals surface area contributed by atoms with Gasteiger partial charge in [0.25, 0.3) is 0 Å². The van der Waals surface area contributed by atoms with Gasteiger partial charge in [0.2, 0.25) is 5.95 Å². The van der Waals surface area contributed by atoms with Gasteiger partial charge < -0.3 is 15.4 Å². The Balaban J connectivity index is 1.83. The van der Waals surface area contributed by atoms with E-state index in [2.05, 4.69) is 43.5 Å². The standard InChI is InChI=1S/C23H24BrF3N4O/c1-2-3-4-7-14-32-20-9-6-5-8-19(20)30-21-18(23(25,26)27)15-28-22(31-21)29-17-12-10-16(24)11-13-17/h5-6,8-13,15H,2-4,7,14H2,1H3,(H2,28,29,30,31). The van der Waals surface area contributed by atoms with Gasteiger partial charge in [0, 0.05) is 16.4 Å². The summed E-state index contributed by atoms with van der Waals surface area (Å²) < 4.78 is 47.5. The van der Waals surface area contributed by atoms with E-state index in [0.717, 1.165) is 36.4 Å². The van der Waals surface area contributed by atoms with Gasteiger partial charge in [-0.3, -0.25) is 0 Å². The lowest BCUT2D eigenvalue weighted by molar-refractivity contribution is -0.137. The second-order valence-corrected chi connectivity index (χ2v) is 8.03. The number of para-hydroxylation sites is 2. The molecule has 1 aromatic heterocycles. The Bertz CT molecular complexity index is 1010. The minimum absolute atomic E-state index is 0.0424. The summed E-state index contributed by atoms with van der Waals surface area (Å²) >= 11 is 3.34. The summed E-state index contributed by atoms with van der Waals surface area (Å²) in [6.45, 7) is 2.62. The highest BCUT2D eigenvalue weighted by Crippen LogP contribution is 2.37. The van der Waals surface area contributed by atoms with E-state index in [9.17, 15) is 13.2 Å². The van der Waals surface area contributed by atoms with Gasteiger partial charge in [-0.1, -0.05) is 54.2 Å². The number of halogens is 4. The molecule has 0 fully saturated rings. The van der Waals surface area contributed by atoms with Crippen molar-refractivity contribution in [3.63, 3.8) is 0 Å². The van der Waals surface area contributed by atoms with Crippen LogP contribution in [0.3, 0.4) is 0 Å². The smallest absolute Gasteiger partial charge is 0.421 e. The van der Waals surface area contributed by atoms with E-state index >= 15 is 0 Å². The number of alkyl halides is 3. The number of nitrogens with zero attached hydrogens (tertiary/aromatic N) is 2. The lowest BCUT2D eigenvalue weighted by atomic mass is 10.2. The van der Waals surface area contributed by atoms with Crippen molar-refractivity contribution in [2.75, 3.05) is 17.2 Å². The SMILES string of the molecule is CCCCCCOc1ccccc1Nc1nc(Nc2ccc(Br)cc2)ncc1C(F)(F)F. The van der Waals surface area contributed by atoms with E-state index in [0.29, 0.717) is 23.7 Å². The van der Waals surface area contributed by atoms with E-state index < -0.39 is 11.7 Å². The summed E-state index contributed by atoms with van der Waals surface area (Å²) in [5.41, 5.74) is 0.0908. The molecule has 2 aromatic carbocycles. The van der Waals surface area contributed by atoms with Gasteiger partial charge in [0.05, 0.1) is 12.3 Å². The molecule has 32 heavy (non-hydrogen) atoms. The molecule has 0 atom stereocenters. The Morgan fingerprint density at radius 3 is 2.44 bits per heavy atom. The van der Waals surface area contributed by atoms with Gasteiger partial charge in [-0.15, -0.1) is 0 Å².